The Kier molecular flexibility index (Phi) is 5.96. The van der Waals surface area contributed by atoms with Crippen LogP contribution in [0, 0.1) is 0 Å². The average molecular weight is 292 g/mol. The zero-order valence-corrected chi connectivity index (χ0v) is 13.5. The van der Waals surface area contributed by atoms with E-state index in [1.165, 1.54) is 0 Å². The Bertz CT molecular complexity index is 413. The van der Waals surface area contributed by atoms with Crippen LogP contribution in [-0.4, -0.2) is 73.3 Å². The second kappa shape index (κ2) is 7.73. The van der Waals surface area contributed by atoms with Crippen molar-refractivity contribution in [3.8, 4) is 0 Å². The van der Waals surface area contributed by atoms with Gasteiger partial charge in [0.25, 0.3) is 0 Å². The highest BCUT2D eigenvalue weighted by atomic mass is 16.3. The van der Waals surface area contributed by atoms with Gasteiger partial charge >= 0.3 is 0 Å². The lowest BCUT2D eigenvalue weighted by Gasteiger charge is -2.36. The van der Waals surface area contributed by atoms with Crippen molar-refractivity contribution in [2.75, 3.05) is 58.3 Å². The van der Waals surface area contributed by atoms with Crippen LogP contribution in [0.4, 0.5) is 5.69 Å². The van der Waals surface area contributed by atoms with Gasteiger partial charge in [-0.3, -0.25) is 9.88 Å². The molecule has 0 spiro atoms. The molecule has 118 valence electrons. The van der Waals surface area contributed by atoms with Crippen LogP contribution < -0.4 is 4.90 Å². The van der Waals surface area contributed by atoms with E-state index in [0.717, 1.165) is 50.6 Å². The van der Waals surface area contributed by atoms with E-state index < -0.39 is 6.10 Å². The molecule has 21 heavy (non-hydrogen) atoms. The van der Waals surface area contributed by atoms with Gasteiger partial charge in [-0.15, -0.1) is 0 Å². The molecule has 1 aromatic heterocycles. The molecule has 1 N–H and O–H groups in total. The van der Waals surface area contributed by atoms with Gasteiger partial charge in [0, 0.05) is 39.3 Å². The number of likely N-dealkylation sites (N-methyl/N-ethyl adjacent to an activating group) is 1. The lowest BCUT2D eigenvalue weighted by molar-refractivity contribution is 0.169. The van der Waals surface area contributed by atoms with Crippen molar-refractivity contribution < 1.29 is 5.11 Å². The van der Waals surface area contributed by atoms with Gasteiger partial charge in [-0.25, -0.2) is 0 Å². The lowest BCUT2D eigenvalue weighted by atomic mass is 10.2. The van der Waals surface area contributed by atoms with Gasteiger partial charge in [0.05, 0.1) is 23.7 Å². The second-order valence-corrected chi connectivity index (χ2v) is 6.00. The van der Waals surface area contributed by atoms with E-state index in [1.54, 1.807) is 0 Å². The van der Waals surface area contributed by atoms with Crippen molar-refractivity contribution in [3.63, 3.8) is 0 Å². The van der Waals surface area contributed by atoms with E-state index >= 15 is 0 Å². The van der Waals surface area contributed by atoms with Gasteiger partial charge in [0.1, 0.15) is 0 Å². The fraction of sp³-hybridized carbons (Fsp3) is 0.688. The van der Waals surface area contributed by atoms with E-state index in [2.05, 4.69) is 39.8 Å². The van der Waals surface area contributed by atoms with Crippen molar-refractivity contribution in [2.24, 2.45) is 0 Å². The Morgan fingerprint density at radius 1 is 1.24 bits per heavy atom. The van der Waals surface area contributed by atoms with Gasteiger partial charge in [-0.1, -0.05) is 6.92 Å². The molecule has 0 radical (unpaired) electrons. The van der Waals surface area contributed by atoms with E-state index in [1.807, 2.05) is 19.2 Å². The van der Waals surface area contributed by atoms with Crippen molar-refractivity contribution in [2.45, 2.75) is 19.4 Å². The normalized spacial score (nSPS) is 18.2. The number of aromatic nitrogens is 1. The van der Waals surface area contributed by atoms with Gasteiger partial charge in [-0.2, -0.15) is 0 Å². The van der Waals surface area contributed by atoms with Crippen molar-refractivity contribution >= 4 is 5.69 Å². The van der Waals surface area contributed by atoms with Crippen molar-refractivity contribution in [1.82, 2.24) is 14.8 Å². The number of aliphatic hydroxyl groups is 1. The zero-order valence-electron chi connectivity index (χ0n) is 13.5. The summed E-state index contributed by atoms with van der Waals surface area (Å²) in [5.74, 6) is 0. The summed E-state index contributed by atoms with van der Waals surface area (Å²) in [4.78, 5) is 11.5. The van der Waals surface area contributed by atoms with Crippen LogP contribution in [-0.2, 0) is 0 Å². The summed E-state index contributed by atoms with van der Waals surface area (Å²) in [6, 6.07) is 4.03. The molecule has 1 fully saturated rings. The maximum absolute atomic E-state index is 9.78. The molecule has 1 aromatic rings. The lowest BCUT2D eigenvalue weighted by Crippen LogP contribution is -2.48. The molecular formula is C16H28N4O. The van der Waals surface area contributed by atoms with Crippen LogP contribution >= 0.6 is 0 Å². The number of pyridine rings is 1. The molecule has 1 saturated heterocycles. The Labute approximate surface area is 128 Å². The highest BCUT2D eigenvalue weighted by Gasteiger charge is 2.17. The molecule has 2 rings (SSSR count). The Morgan fingerprint density at radius 2 is 1.95 bits per heavy atom. The molecular weight excluding hydrogens is 264 g/mol. The van der Waals surface area contributed by atoms with E-state index in [-0.39, 0.29) is 0 Å². The molecule has 0 bridgehead atoms. The van der Waals surface area contributed by atoms with Crippen LogP contribution in [0.15, 0.2) is 18.3 Å². The standard InChI is InChI=1S/C16H28N4O/c1-4-16(21)15-6-5-14(13-17-15)20-11-9-19(10-12-20)8-7-18(2)3/h5-6,13,16,21H,4,7-12H2,1-3H3/t16-/m1/s1. The fourth-order valence-electron chi connectivity index (χ4n) is 2.56. The Hall–Kier alpha value is -1.17. The fourth-order valence-corrected chi connectivity index (χ4v) is 2.56. The molecule has 1 atom stereocenters. The maximum atomic E-state index is 9.78. The summed E-state index contributed by atoms with van der Waals surface area (Å²) in [7, 11) is 4.24. The SMILES string of the molecule is CC[C@@H](O)c1ccc(N2CCN(CCN(C)C)CC2)cn1. The first-order valence-corrected chi connectivity index (χ1v) is 7.86. The summed E-state index contributed by atoms with van der Waals surface area (Å²) in [6.07, 6.45) is 2.16. The van der Waals surface area contributed by atoms with E-state index in [4.69, 9.17) is 0 Å². The van der Waals surface area contributed by atoms with Crippen LogP contribution in [0.2, 0.25) is 0 Å². The van der Waals surface area contributed by atoms with Crippen molar-refractivity contribution in [1.29, 1.82) is 0 Å². The summed E-state index contributed by atoms with van der Waals surface area (Å²) in [5.41, 5.74) is 1.93. The molecule has 5 heteroatoms. The molecule has 1 aliphatic heterocycles. The minimum Gasteiger partial charge on any atom is -0.387 e. The first-order chi connectivity index (χ1) is 10.1. The molecule has 0 saturated carbocycles. The number of nitrogens with zero attached hydrogens (tertiary/aromatic N) is 4. The number of rotatable bonds is 6. The van der Waals surface area contributed by atoms with Gasteiger partial charge in [-0.05, 0) is 32.6 Å². The largest absolute Gasteiger partial charge is 0.387 e. The highest BCUT2D eigenvalue weighted by molar-refractivity contribution is 5.45. The Morgan fingerprint density at radius 3 is 2.48 bits per heavy atom. The van der Waals surface area contributed by atoms with E-state index in [0.29, 0.717) is 6.42 Å². The maximum Gasteiger partial charge on any atom is 0.0957 e. The van der Waals surface area contributed by atoms with Crippen molar-refractivity contribution in [3.05, 3.63) is 24.0 Å². The summed E-state index contributed by atoms with van der Waals surface area (Å²) < 4.78 is 0. The quantitative estimate of drug-likeness (QED) is 0.854. The molecule has 1 aliphatic rings. The average Bonchev–Trinajstić information content (AvgIpc) is 2.53. The minimum absolute atomic E-state index is 0.443. The second-order valence-electron chi connectivity index (χ2n) is 6.00. The van der Waals surface area contributed by atoms with Crippen LogP contribution in [0.3, 0.4) is 0 Å². The van der Waals surface area contributed by atoms with Crippen LogP contribution in [0.1, 0.15) is 25.1 Å². The third-order valence-electron chi connectivity index (χ3n) is 4.10. The summed E-state index contributed by atoms with van der Waals surface area (Å²) in [6.45, 7) is 8.52. The molecule has 0 amide bonds. The minimum atomic E-state index is -0.443. The third kappa shape index (κ3) is 4.66. The predicted molar refractivity (Wildman–Crippen MR) is 86.7 cm³/mol. The van der Waals surface area contributed by atoms with E-state index in [9.17, 15) is 5.11 Å². The monoisotopic (exact) mass is 292 g/mol. The zero-order chi connectivity index (χ0) is 15.2. The molecule has 0 aromatic carbocycles. The van der Waals surface area contributed by atoms with Gasteiger partial charge in [0.15, 0.2) is 0 Å². The first kappa shape index (κ1) is 16.2. The molecule has 0 aliphatic carbocycles. The van der Waals surface area contributed by atoms with Gasteiger partial charge < -0.3 is 14.9 Å². The number of aliphatic hydroxyl groups excluding tert-OH is 1. The summed E-state index contributed by atoms with van der Waals surface area (Å²) in [5, 5.41) is 9.78. The van der Waals surface area contributed by atoms with Gasteiger partial charge in [0.2, 0.25) is 0 Å². The molecule has 5 nitrogen and oxygen atoms in total. The smallest absolute Gasteiger partial charge is 0.0957 e. The number of hydrogen-bond acceptors (Lipinski definition) is 5. The van der Waals surface area contributed by atoms with Crippen LogP contribution in [0.25, 0.3) is 0 Å². The molecule has 0 unspecified atom stereocenters. The molecule has 2 heterocycles. The third-order valence-corrected chi connectivity index (χ3v) is 4.10. The predicted octanol–water partition coefficient (Wildman–Crippen LogP) is 1.21. The number of anilines is 1. The Balaban J connectivity index is 1.84. The highest BCUT2D eigenvalue weighted by Crippen LogP contribution is 2.19. The number of hydrogen-bond donors (Lipinski definition) is 1. The number of piperazine rings is 1. The first-order valence-electron chi connectivity index (χ1n) is 7.86. The topological polar surface area (TPSA) is 42.8 Å². The van der Waals surface area contributed by atoms with Crippen LogP contribution in [0.5, 0.6) is 0 Å². The summed E-state index contributed by atoms with van der Waals surface area (Å²) >= 11 is 0.